The number of ether oxygens (including phenoxy) is 4. The summed E-state index contributed by atoms with van der Waals surface area (Å²) in [4.78, 5) is 23.3. The van der Waals surface area contributed by atoms with Crippen molar-refractivity contribution in [1.29, 1.82) is 0 Å². The monoisotopic (exact) mass is 578 g/mol. The number of nitrogens with zero attached hydrogens (tertiary/aromatic N) is 2. The van der Waals surface area contributed by atoms with Gasteiger partial charge in [-0.05, 0) is 61.7 Å². The van der Waals surface area contributed by atoms with Crippen LogP contribution in [-0.4, -0.2) is 41.6 Å². The van der Waals surface area contributed by atoms with Crippen molar-refractivity contribution < 1.29 is 28.6 Å². The van der Waals surface area contributed by atoms with Crippen LogP contribution in [0.2, 0.25) is 5.02 Å². The number of rotatable bonds is 12. The summed E-state index contributed by atoms with van der Waals surface area (Å²) in [6.45, 7) is 5.81. The van der Waals surface area contributed by atoms with Crippen LogP contribution in [-0.2, 0) is 27.3 Å². The highest BCUT2D eigenvalue weighted by atomic mass is 35.5. The van der Waals surface area contributed by atoms with Crippen molar-refractivity contribution in [2.75, 3.05) is 19.8 Å². The molecule has 1 unspecified atom stereocenters. The maximum atomic E-state index is 12.0. The van der Waals surface area contributed by atoms with Crippen LogP contribution in [0.4, 0.5) is 0 Å². The third-order valence-corrected chi connectivity index (χ3v) is 7.14. The van der Waals surface area contributed by atoms with Gasteiger partial charge in [0.2, 0.25) is 0 Å². The quantitative estimate of drug-likeness (QED) is 0.177. The predicted octanol–water partition coefficient (Wildman–Crippen LogP) is 6.51. The van der Waals surface area contributed by atoms with Gasteiger partial charge in [-0.25, -0.2) is 4.98 Å². The molecule has 0 amide bonds. The summed E-state index contributed by atoms with van der Waals surface area (Å²) in [5, 5.41) is 0.667. The molecule has 1 aliphatic rings. The number of imidazole rings is 1. The van der Waals surface area contributed by atoms with E-state index in [0.29, 0.717) is 55.2 Å². The minimum atomic E-state index is -0.420. The van der Waals surface area contributed by atoms with E-state index in [9.17, 15) is 4.79 Å². The standard InChI is InChI=1S/C32H35ClN2O6/c1-3-38-31(36)15-11-24-10-14-27(20-30(24)39-21-23-8-12-25(33)13-9-23)40-22(2)32-34-28-6-4-5-7-29(28)35(32)41-26-16-18-37-19-17-26/h4-10,12-14,20,22,26H,3,11,15-19,21H2,1-2H3. The van der Waals surface area contributed by atoms with Gasteiger partial charge in [-0.1, -0.05) is 41.9 Å². The highest BCUT2D eigenvalue weighted by Gasteiger charge is 2.24. The van der Waals surface area contributed by atoms with Gasteiger partial charge >= 0.3 is 5.97 Å². The Morgan fingerprint density at radius 3 is 2.66 bits per heavy atom. The summed E-state index contributed by atoms with van der Waals surface area (Å²) < 4.78 is 25.1. The van der Waals surface area contributed by atoms with Crippen LogP contribution in [0.1, 0.15) is 56.2 Å². The number of benzene rings is 3. The lowest BCUT2D eigenvalue weighted by molar-refractivity contribution is -0.143. The van der Waals surface area contributed by atoms with Gasteiger partial charge in [-0.15, -0.1) is 0 Å². The average Bonchev–Trinajstić information content (AvgIpc) is 3.35. The van der Waals surface area contributed by atoms with E-state index < -0.39 is 6.10 Å². The number of para-hydroxylation sites is 2. The van der Waals surface area contributed by atoms with E-state index in [-0.39, 0.29) is 18.5 Å². The van der Waals surface area contributed by atoms with E-state index in [1.54, 1.807) is 6.92 Å². The summed E-state index contributed by atoms with van der Waals surface area (Å²) >= 11 is 6.04. The van der Waals surface area contributed by atoms with Gasteiger partial charge in [0, 0.05) is 30.4 Å². The van der Waals surface area contributed by atoms with Gasteiger partial charge in [0.15, 0.2) is 11.9 Å². The van der Waals surface area contributed by atoms with Crippen molar-refractivity contribution >= 4 is 28.6 Å². The molecule has 0 radical (unpaired) electrons. The lowest BCUT2D eigenvalue weighted by Gasteiger charge is -2.25. The van der Waals surface area contributed by atoms with Crippen molar-refractivity contribution in [2.24, 2.45) is 0 Å². The molecule has 1 aromatic heterocycles. The van der Waals surface area contributed by atoms with Gasteiger partial charge in [-0.3, -0.25) is 4.79 Å². The topological polar surface area (TPSA) is 81.0 Å². The Labute approximate surface area is 245 Å². The van der Waals surface area contributed by atoms with Gasteiger partial charge in [-0.2, -0.15) is 4.73 Å². The lowest BCUT2D eigenvalue weighted by Crippen LogP contribution is -2.32. The van der Waals surface area contributed by atoms with Crippen molar-refractivity contribution in [1.82, 2.24) is 9.71 Å². The van der Waals surface area contributed by atoms with Gasteiger partial charge in [0.05, 0.1) is 25.3 Å². The molecule has 8 nitrogen and oxygen atoms in total. The molecule has 0 N–H and O–H groups in total. The highest BCUT2D eigenvalue weighted by Crippen LogP contribution is 2.31. The molecule has 2 heterocycles. The van der Waals surface area contributed by atoms with E-state index in [1.807, 2.05) is 78.4 Å². The fourth-order valence-electron chi connectivity index (χ4n) is 4.74. The van der Waals surface area contributed by atoms with Crippen molar-refractivity contribution in [3.8, 4) is 11.5 Å². The summed E-state index contributed by atoms with van der Waals surface area (Å²) in [5.41, 5.74) is 3.60. The van der Waals surface area contributed by atoms with Gasteiger partial charge in [0.25, 0.3) is 0 Å². The molecule has 0 aliphatic carbocycles. The second-order valence-electron chi connectivity index (χ2n) is 9.92. The van der Waals surface area contributed by atoms with Crippen molar-refractivity contribution in [3.05, 3.63) is 88.7 Å². The molecule has 1 saturated heterocycles. The fourth-order valence-corrected chi connectivity index (χ4v) is 4.86. The largest absolute Gasteiger partial charge is 0.488 e. The zero-order valence-corrected chi connectivity index (χ0v) is 24.1. The number of carbonyl (C=O) groups is 1. The summed E-state index contributed by atoms with van der Waals surface area (Å²) in [7, 11) is 0. The van der Waals surface area contributed by atoms with Crippen LogP contribution in [0, 0.1) is 0 Å². The molecule has 216 valence electrons. The molecule has 1 aliphatic heterocycles. The minimum Gasteiger partial charge on any atom is -0.488 e. The Morgan fingerprint density at radius 2 is 1.88 bits per heavy atom. The lowest BCUT2D eigenvalue weighted by atomic mass is 10.1. The van der Waals surface area contributed by atoms with E-state index in [1.165, 1.54) is 0 Å². The highest BCUT2D eigenvalue weighted by molar-refractivity contribution is 6.30. The first-order chi connectivity index (χ1) is 20.0. The zero-order valence-electron chi connectivity index (χ0n) is 23.4. The van der Waals surface area contributed by atoms with E-state index in [2.05, 4.69) is 0 Å². The first-order valence-electron chi connectivity index (χ1n) is 14.0. The van der Waals surface area contributed by atoms with E-state index >= 15 is 0 Å². The predicted molar refractivity (Wildman–Crippen MR) is 156 cm³/mol. The molecule has 3 aromatic carbocycles. The molecule has 0 spiro atoms. The Morgan fingerprint density at radius 1 is 1.10 bits per heavy atom. The smallest absolute Gasteiger partial charge is 0.306 e. The number of hydrogen-bond acceptors (Lipinski definition) is 7. The molecule has 4 aromatic rings. The number of halogens is 1. The first-order valence-corrected chi connectivity index (χ1v) is 14.4. The molecule has 1 fully saturated rings. The molecule has 1 atom stereocenters. The Balaban J connectivity index is 1.37. The number of fused-ring (bicyclic) bond motifs is 1. The van der Waals surface area contributed by atoms with E-state index in [0.717, 1.165) is 35.0 Å². The molecule has 0 bridgehead atoms. The number of esters is 1. The average molecular weight is 579 g/mol. The van der Waals surface area contributed by atoms with Crippen LogP contribution >= 0.6 is 11.6 Å². The van der Waals surface area contributed by atoms with E-state index in [4.69, 9.17) is 40.4 Å². The number of hydrogen-bond donors (Lipinski definition) is 0. The fraction of sp³-hybridized carbons (Fsp3) is 0.375. The number of carbonyl (C=O) groups excluding carboxylic acids is 1. The van der Waals surface area contributed by atoms with Gasteiger partial charge in [0.1, 0.15) is 29.7 Å². The number of aromatic nitrogens is 2. The SMILES string of the molecule is CCOC(=O)CCc1ccc(OC(C)c2nc3ccccc3n2OC2CCOCC2)cc1OCc1ccc(Cl)cc1. The molecule has 5 rings (SSSR count). The molecule has 0 saturated carbocycles. The van der Waals surface area contributed by atoms with Crippen molar-refractivity contribution in [2.45, 2.75) is 58.3 Å². The molecule has 41 heavy (non-hydrogen) atoms. The normalized spacial score (nSPS) is 14.5. The Kier molecular flexibility index (Phi) is 9.64. The second-order valence-corrected chi connectivity index (χ2v) is 10.4. The summed E-state index contributed by atoms with van der Waals surface area (Å²) in [5.74, 6) is 1.69. The Bertz CT molecular complexity index is 1450. The molecular weight excluding hydrogens is 544 g/mol. The van der Waals surface area contributed by atoms with Crippen LogP contribution in [0.25, 0.3) is 11.0 Å². The summed E-state index contributed by atoms with van der Waals surface area (Å²) in [6, 6.07) is 21.1. The summed E-state index contributed by atoms with van der Waals surface area (Å²) in [6.07, 6.45) is 2.01. The second kappa shape index (κ2) is 13.7. The molecule has 9 heteroatoms. The minimum absolute atomic E-state index is 0.0406. The van der Waals surface area contributed by atoms with Gasteiger partial charge < -0.3 is 23.8 Å². The maximum Gasteiger partial charge on any atom is 0.306 e. The maximum absolute atomic E-state index is 12.0. The Hall–Kier alpha value is -3.75. The van der Waals surface area contributed by atoms with Crippen molar-refractivity contribution in [3.63, 3.8) is 0 Å². The van der Waals surface area contributed by atoms with Crippen LogP contribution in [0.5, 0.6) is 11.5 Å². The number of aryl methyl sites for hydroxylation is 1. The van der Waals surface area contributed by atoms with Crippen LogP contribution < -0.4 is 14.3 Å². The third kappa shape index (κ3) is 7.51. The molecular formula is C32H35ClN2O6. The first kappa shape index (κ1) is 28.8. The third-order valence-electron chi connectivity index (χ3n) is 6.89. The zero-order chi connectivity index (χ0) is 28.6. The van der Waals surface area contributed by atoms with Crippen LogP contribution in [0.3, 0.4) is 0 Å². The van der Waals surface area contributed by atoms with Crippen LogP contribution in [0.15, 0.2) is 66.7 Å².